The number of carboxylic acid groups (broad SMARTS) is 1. The van der Waals surface area contributed by atoms with Crippen molar-refractivity contribution in [2.45, 2.75) is 39.0 Å². The Morgan fingerprint density at radius 3 is 2.46 bits per heavy atom. The zero-order chi connectivity index (χ0) is 24.9. The number of methoxy groups -OCH3 is 1. The van der Waals surface area contributed by atoms with Crippen LogP contribution in [0.25, 0.3) is 21.8 Å². The van der Waals surface area contributed by atoms with Gasteiger partial charge >= 0.3 is 11.9 Å². The van der Waals surface area contributed by atoms with E-state index in [1.807, 2.05) is 35.9 Å². The molecule has 4 aromatic rings. The number of esters is 1. The maximum atomic E-state index is 12.0. The van der Waals surface area contributed by atoms with Crippen LogP contribution in [-0.4, -0.2) is 35.3 Å². The molecule has 0 aliphatic carbocycles. The molecular weight excluding hydrogens is 442 g/mol. The van der Waals surface area contributed by atoms with Crippen molar-refractivity contribution in [1.29, 1.82) is 0 Å². The van der Waals surface area contributed by atoms with Gasteiger partial charge in [-0.1, -0.05) is 38.0 Å². The third kappa shape index (κ3) is 5.02. The van der Waals surface area contributed by atoms with Crippen molar-refractivity contribution in [1.82, 2.24) is 4.57 Å². The average Bonchev–Trinajstić information content (AvgIpc) is 3.16. The summed E-state index contributed by atoms with van der Waals surface area (Å²) in [5.74, 6) is -0.635. The smallest absolute Gasteiger partial charge is 0.337 e. The van der Waals surface area contributed by atoms with Gasteiger partial charge in [0.05, 0.1) is 35.7 Å². The lowest BCUT2D eigenvalue weighted by molar-refractivity contribution is 0.0599. The predicted octanol–water partition coefficient (Wildman–Crippen LogP) is 6.17. The van der Waals surface area contributed by atoms with Crippen LogP contribution < -0.4 is 4.74 Å². The van der Waals surface area contributed by atoms with E-state index in [4.69, 9.17) is 9.47 Å². The van der Waals surface area contributed by atoms with Crippen molar-refractivity contribution in [3.63, 3.8) is 0 Å². The lowest BCUT2D eigenvalue weighted by Gasteiger charge is -2.12. The normalized spacial score (nSPS) is 11.2. The fraction of sp³-hybridized carbons (Fsp3) is 0.310. The highest BCUT2D eigenvalue weighted by Gasteiger charge is 2.20. The van der Waals surface area contributed by atoms with E-state index in [0.717, 1.165) is 47.7 Å². The van der Waals surface area contributed by atoms with Gasteiger partial charge in [0.1, 0.15) is 5.75 Å². The Morgan fingerprint density at radius 1 is 0.914 bits per heavy atom. The van der Waals surface area contributed by atoms with Crippen molar-refractivity contribution < 1.29 is 24.2 Å². The zero-order valence-corrected chi connectivity index (χ0v) is 20.5. The number of carboxylic acids is 1. The summed E-state index contributed by atoms with van der Waals surface area (Å²) in [7, 11) is 3.33. The maximum absolute atomic E-state index is 12.0. The van der Waals surface area contributed by atoms with Crippen LogP contribution in [0.2, 0.25) is 0 Å². The van der Waals surface area contributed by atoms with Gasteiger partial charge in [-0.05, 0) is 60.4 Å². The zero-order valence-electron chi connectivity index (χ0n) is 20.5. The molecule has 0 saturated heterocycles. The summed E-state index contributed by atoms with van der Waals surface area (Å²) in [5.41, 5.74) is 4.74. The highest BCUT2D eigenvalue weighted by atomic mass is 16.5. The molecule has 0 atom stereocenters. The number of ether oxygens (including phenoxy) is 2. The molecule has 6 heteroatoms. The molecule has 0 unspecified atom stereocenters. The molecule has 182 valence electrons. The molecular formula is C29H31NO5. The first-order chi connectivity index (χ1) is 16.9. The second-order valence-electron chi connectivity index (χ2n) is 8.80. The number of carbonyl (C=O) groups is 2. The third-order valence-corrected chi connectivity index (χ3v) is 6.45. The summed E-state index contributed by atoms with van der Waals surface area (Å²) >= 11 is 0. The van der Waals surface area contributed by atoms with Crippen molar-refractivity contribution in [2.24, 2.45) is 7.05 Å². The van der Waals surface area contributed by atoms with Crippen LogP contribution in [0.1, 0.15) is 58.0 Å². The monoisotopic (exact) mass is 473 g/mol. The molecule has 0 spiro atoms. The SMILES string of the molecule is CCCCCc1cc(OCCc2cccc(C(=O)OC)c2)c2c3c(C(=O)O)cccc3n(C)c2c1. The second kappa shape index (κ2) is 10.6. The number of aryl methyl sites for hydroxylation is 2. The summed E-state index contributed by atoms with van der Waals surface area (Å²) in [6, 6.07) is 16.9. The van der Waals surface area contributed by atoms with E-state index in [1.165, 1.54) is 12.7 Å². The third-order valence-electron chi connectivity index (χ3n) is 6.45. The molecule has 3 aromatic carbocycles. The van der Waals surface area contributed by atoms with Crippen LogP contribution in [0.4, 0.5) is 0 Å². The van der Waals surface area contributed by atoms with Crippen molar-refractivity contribution in [3.05, 3.63) is 76.9 Å². The van der Waals surface area contributed by atoms with Gasteiger partial charge in [0.25, 0.3) is 0 Å². The number of unbranched alkanes of at least 4 members (excludes halogenated alkanes) is 2. The number of aromatic carboxylic acids is 1. The topological polar surface area (TPSA) is 77.8 Å². The lowest BCUT2D eigenvalue weighted by atomic mass is 10.0. The molecule has 0 saturated carbocycles. The Bertz CT molecular complexity index is 1390. The van der Waals surface area contributed by atoms with Gasteiger partial charge in [0, 0.05) is 24.4 Å². The van der Waals surface area contributed by atoms with Crippen molar-refractivity contribution >= 4 is 33.7 Å². The van der Waals surface area contributed by atoms with Gasteiger partial charge in [0.15, 0.2) is 0 Å². The molecule has 35 heavy (non-hydrogen) atoms. The molecule has 0 radical (unpaired) electrons. The highest BCUT2D eigenvalue weighted by Crippen LogP contribution is 2.38. The summed E-state index contributed by atoms with van der Waals surface area (Å²) in [6.45, 7) is 2.58. The van der Waals surface area contributed by atoms with Gasteiger partial charge in [0.2, 0.25) is 0 Å². The summed E-state index contributed by atoms with van der Waals surface area (Å²) in [5, 5.41) is 11.4. The Labute approximate surface area is 205 Å². The summed E-state index contributed by atoms with van der Waals surface area (Å²) in [6.07, 6.45) is 4.93. The number of hydrogen-bond donors (Lipinski definition) is 1. The second-order valence-corrected chi connectivity index (χ2v) is 8.80. The van der Waals surface area contributed by atoms with E-state index in [9.17, 15) is 14.7 Å². The number of hydrogen-bond acceptors (Lipinski definition) is 4. The van der Waals surface area contributed by atoms with Crippen molar-refractivity contribution in [2.75, 3.05) is 13.7 Å². The van der Waals surface area contributed by atoms with E-state index < -0.39 is 5.97 Å². The van der Waals surface area contributed by atoms with E-state index in [0.29, 0.717) is 29.7 Å². The number of fused-ring (bicyclic) bond motifs is 3. The fourth-order valence-corrected chi connectivity index (χ4v) is 4.65. The Morgan fingerprint density at radius 2 is 1.71 bits per heavy atom. The predicted molar refractivity (Wildman–Crippen MR) is 138 cm³/mol. The van der Waals surface area contributed by atoms with Gasteiger partial charge in [-0.15, -0.1) is 0 Å². The van der Waals surface area contributed by atoms with E-state index in [1.54, 1.807) is 18.2 Å². The van der Waals surface area contributed by atoms with Crippen LogP contribution in [-0.2, 0) is 24.6 Å². The molecule has 0 bridgehead atoms. The minimum absolute atomic E-state index is 0.266. The van der Waals surface area contributed by atoms with Crippen LogP contribution in [0.5, 0.6) is 5.75 Å². The number of benzene rings is 3. The van der Waals surface area contributed by atoms with Gasteiger partial charge in [-0.3, -0.25) is 0 Å². The maximum Gasteiger partial charge on any atom is 0.337 e. The van der Waals surface area contributed by atoms with Crippen LogP contribution >= 0.6 is 0 Å². The van der Waals surface area contributed by atoms with E-state index >= 15 is 0 Å². The number of nitrogens with zero attached hydrogens (tertiary/aromatic N) is 1. The van der Waals surface area contributed by atoms with Crippen LogP contribution in [0.3, 0.4) is 0 Å². The van der Waals surface area contributed by atoms with Gasteiger partial charge < -0.3 is 19.1 Å². The molecule has 1 aromatic heterocycles. The van der Waals surface area contributed by atoms with Gasteiger partial charge in [-0.25, -0.2) is 9.59 Å². The minimum atomic E-state index is -0.958. The Hall–Kier alpha value is -3.80. The number of aromatic nitrogens is 1. The van der Waals surface area contributed by atoms with Crippen LogP contribution in [0.15, 0.2) is 54.6 Å². The largest absolute Gasteiger partial charge is 0.493 e. The van der Waals surface area contributed by atoms with E-state index in [2.05, 4.69) is 19.1 Å². The fourth-order valence-electron chi connectivity index (χ4n) is 4.65. The Balaban J connectivity index is 1.73. The lowest BCUT2D eigenvalue weighted by Crippen LogP contribution is -2.05. The number of carbonyl (C=O) groups excluding carboxylic acids is 1. The number of rotatable bonds is 10. The molecule has 1 heterocycles. The molecule has 0 fully saturated rings. The molecule has 1 N–H and O–H groups in total. The standard InChI is InChI=1S/C29H31NO5/c1-4-5-6-9-20-17-24-27(26-22(28(31)32)12-8-13-23(26)30(24)2)25(18-20)35-15-14-19-10-7-11-21(16-19)29(33)34-3/h7-8,10-13,16-18H,4-6,9,14-15H2,1-3H3,(H,31,32). The molecule has 0 aliphatic rings. The average molecular weight is 474 g/mol. The molecule has 4 rings (SSSR count). The van der Waals surface area contributed by atoms with Gasteiger partial charge in [-0.2, -0.15) is 0 Å². The first-order valence-corrected chi connectivity index (χ1v) is 12.0. The molecule has 0 aliphatic heterocycles. The van der Waals surface area contributed by atoms with Crippen LogP contribution in [0, 0.1) is 0 Å². The first-order valence-electron chi connectivity index (χ1n) is 12.0. The molecule has 0 amide bonds. The minimum Gasteiger partial charge on any atom is -0.493 e. The Kier molecular flexibility index (Phi) is 7.39. The highest BCUT2D eigenvalue weighted by molar-refractivity contribution is 6.18. The summed E-state index contributed by atoms with van der Waals surface area (Å²) < 4.78 is 13.2. The molecule has 6 nitrogen and oxygen atoms in total. The first kappa shape index (κ1) is 24.3. The summed E-state index contributed by atoms with van der Waals surface area (Å²) in [4.78, 5) is 23.9. The van der Waals surface area contributed by atoms with E-state index in [-0.39, 0.29) is 11.5 Å². The van der Waals surface area contributed by atoms with Crippen molar-refractivity contribution in [3.8, 4) is 5.75 Å². The quantitative estimate of drug-likeness (QED) is 0.220.